The van der Waals surface area contributed by atoms with Crippen LogP contribution in [-0.4, -0.2) is 37.2 Å². The van der Waals surface area contributed by atoms with Crippen LogP contribution in [0.2, 0.25) is 0 Å². The van der Waals surface area contributed by atoms with Gasteiger partial charge in [-0.2, -0.15) is 0 Å². The zero-order valence-corrected chi connectivity index (χ0v) is 46.5. The van der Waals surface area contributed by atoms with Crippen molar-refractivity contribution < 1.29 is 28.6 Å². The Labute approximate surface area is 434 Å². The minimum Gasteiger partial charge on any atom is -0.462 e. The maximum atomic E-state index is 12.8. The molecule has 70 heavy (non-hydrogen) atoms. The smallest absolute Gasteiger partial charge is 0.306 e. The third-order valence-electron chi connectivity index (χ3n) is 13.3. The number of hydrogen-bond acceptors (Lipinski definition) is 6. The molecule has 0 N–H and O–H groups in total. The highest BCUT2D eigenvalue weighted by molar-refractivity contribution is 5.71. The van der Waals surface area contributed by atoms with Crippen molar-refractivity contribution in [1.82, 2.24) is 0 Å². The van der Waals surface area contributed by atoms with Crippen LogP contribution in [0.5, 0.6) is 0 Å². The Morgan fingerprint density at radius 3 is 0.871 bits per heavy atom. The summed E-state index contributed by atoms with van der Waals surface area (Å²) >= 11 is 0. The largest absolute Gasteiger partial charge is 0.462 e. The Morgan fingerprint density at radius 1 is 0.300 bits per heavy atom. The van der Waals surface area contributed by atoms with Crippen LogP contribution in [0.1, 0.15) is 310 Å². The summed E-state index contributed by atoms with van der Waals surface area (Å²) in [6.45, 7) is 6.50. The van der Waals surface area contributed by atoms with Crippen molar-refractivity contribution in [3.63, 3.8) is 0 Å². The van der Waals surface area contributed by atoms with Crippen LogP contribution in [0, 0.1) is 0 Å². The maximum absolute atomic E-state index is 12.8. The molecule has 0 fully saturated rings. The molecule has 1 unspecified atom stereocenters. The number of allylic oxidation sites excluding steroid dienone is 10. The van der Waals surface area contributed by atoms with Gasteiger partial charge in [-0.1, -0.05) is 287 Å². The van der Waals surface area contributed by atoms with Crippen LogP contribution >= 0.6 is 0 Å². The highest BCUT2D eigenvalue weighted by atomic mass is 16.6. The van der Waals surface area contributed by atoms with E-state index in [1.54, 1.807) is 0 Å². The lowest BCUT2D eigenvalue weighted by molar-refractivity contribution is -0.167. The summed E-state index contributed by atoms with van der Waals surface area (Å²) in [6.07, 6.45) is 74.0. The van der Waals surface area contributed by atoms with Gasteiger partial charge in [-0.15, -0.1) is 0 Å². The molecule has 0 saturated carbocycles. The summed E-state index contributed by atoms with van der Waals surface area (Å²) in [6, 6.07) is 0. The average Bonchev–Trinajstić information content (AvgIpc) is 3.36. The van der Waals surface area contributed by atoms with Crippen LogP contribution in [0.15, 0.2) is 60.8 Å². The van der Waals surface area contributed by atoms with Crippen molar-refractivity contribution in [2.45, 2.75) is 316 Å². The normalized spacial score (nSPS) is 12.4. The summed E-state index contributed by atoms with van der Waals surface area (Å²) in [4.78, 5) is 37.9. The van der Waals surface area contributed by atoms with Crippen LogP contribution in [0.4, 0.5) is 0 Å². The second-order valence-corrected chi connectivity index (χ2v) is 20.2. The minimum absolute atomic E-state index is 0.0752. The lowest BCUT2D eigenvalue weighted by atomic mass is 10.0. The number of hydrogen-bond donors (Lipinski definition) is 0. The third-order valence-corrected chi connectivity index (χ3v) is 13.3. The van der Waals surface area contributed by atoms with Crippen molar-refractivity contribution >= 4 is 17.9 Å². The molecular formula is C64H114O6. The molecule has 0 aliphatic heterocycles. The Hall–Kier alpha value is -2.89. The summed E-state index contributed by atoms with van der Waals surface area (Å²) in [5.74, 6) is -0.882. The molecule has 0 aliphatic carbocycles. The quantitative estimate of drug-likeness (QED) is 0.0261. The van der Waals surface area contributed by atoms with Crippen molar-refractivity contribution in [3.05, 3.63) is 60.8 Å². The Balaban J connectivity index is 4.12. The number of unbranched alkanes of at least 4 members (excludes halogenated alkanes) is 34. The first-order valence-corrected chi connectivity index (χ1v) is 30.3. The van der Waals surface area contributed by atoms with Crippen LogP contribution in [0.25, 0.3) is 0 Å². The molecule has 0 aromatic rings. The third kappa shape index (κ3) is 56.0. The SMILES string of the molecule is CC/C=C\C/C=C\C/C=C\C/C=C\C/C=C\CCCCCCCCCC(=O)OCC(COC(=O)CCCCCCCC)OC(=O)CCCCCCCCCCCCCCCCCCCCCCCCC. The molecule has 0 spiro atoms. The molecule has 0 aromatic heterocycles. The van der Waals surface area contributed by atoms with E-state index in [4.69, 9.17) is 14.2 Å². The summed E-state index contributed by atoms with van der Waals surface area (Å²) in [7, 11) is 0. The minimum atomic E-state index is -0.774. The lowest BCUT2D eigenvalue weighted by Crippen LogP contribution is -2.30. The first kappa shape index (κ1) is 67.1. The van der Waals surface area contributed by atoms with Gasteiger partial charge in [0.1, 0.15) is 13.2 Å². The Morgan fingerprint density at radius 2 is 0.557 bits per heavy atom. The number of ether oxygens (including phenoxy) is 3. The molecule has 0 aromatic carbocycles. The molecule has 0 radical (unpaired) electrons. The van der Waals surface area contributed by atoms with Gasteiger partial charge in [0, 0.05) is 19.3 Å². The lowest BCUT2D eigenvalue weighted by Gasteiger charge is -2.18. The van der Waals surface area contributed by atoms with E-state index in [0.717, 1.165) is 96.3 Å². The predicted molar refractivity (Wildman–Crippen MR) is 302 cm³/mol. The molecule has 0 saturated heterocycles. The zero-order valence-electron chi connectivity index (χ0n) is 46.5. The van der Waals surface area contributed by atoms with Crippen molar-refractivity contribution in [1.29, 1.82) is 0 Å². The second-order valence-electron chi connectivity index (χ2n) is 20.2. The Kier molecular flexibility index (Phi) is 56.3. The molecular weight excluding hydrogens is 865 g/mol. The van der Waals surface area contributed by atoms with E-state index >= 15 is 0 Å². The van der Waals surface area contributed by atoms with E-state index in [-0.39, 0.29) is 31.1 Å². The number of rotatable bonds is 55. The van der Waals surface area contributed by atoms with Crippen molar-refractivity contribution in [2.24, 2.45) is 0 Å². The van der Waals surface area contributed by atoms with Gasteiger partial charge in [0.2, 0.25) is 0 Å². The van der Waals surface area contributed by atoms with Gasteiger partial charge in [-0.25, -0.2) is 0 Å². The van der Waals surface area contributed by atoms with E-state index in [9.17, 15) is 14.4 Å². The fraction of sp³-hybridized carbons (Fsp3) is 0.797. The number of carbonyl (C=O) groups excluding carboxylic acids is 3. The summed E-state index contributed by atoms with van der Waals surface area (Å²) < 4.78 is 16.8. The molecule has 1 atom stereocenters. The van der Waals surface area contributed by atoms with E-state index in [2.05, 4.69) is 81.5 Å². The van der Waals surface area contributed by atoms with E-state index < -0.39 is 6.10 Å². The van der Waals surface area contributed by atoms with E-state index in [1.807, 2.05) is 0 Å². The van der Waals surface area contributed by atoms with Crippen LogP contribution in [0.3, 0.4) is 0 Å². The van der Waals surface area contributed by atoms with Gasteiger partial charge in [0.15, 0.2) is 6.10 Å². The van der Waals surface area contributed by atoms with Gasteiger partial charge in [0.05, 0.1) is 0 Å². The van der Waals surface area contributed by atoms with E-state index in [0.29, 0.717) is 19.3 Å². The monoisotopic (exact) mass is 979 g/mol. The summed E-state index contributed by atoms with van der Waals surface area (Å²) in [5.41, 5.74) is 0. The number of carbonyl (C=O) groups is 3. The fourth-order valence-electron chi connectivity index (χ4n) is 8.77. The molecule has 0 rings (SSSR count). The molecule has 0 aliphatic rings. The molecule has 6 nitrogen and oxygen atoms in total. The molecule has 0 bridgehead atoms. The van der Waals surface area contributed by atoms with Gasteiger partial charge in [0.25, 0.3) is 0 Å². The topological polar surface area (TPSA) is 78.9 Å². The summed E-state index contributed by atoms with van der Waals surface area (Å²) in [5, 5.41) is 0. The molecule has 406 valence electrons. The zero-order chi connectivity index (χ0) is 50.7. The van der Waals surface area contributed by atoms with Gasteiger partial charge < -0.3 is 14.2 Å². The first-order valence-electron chi connectivity index (χ1n) is 30.3. The van der Waals surface area contributed by atoms with Crippen LogP contribution < -0.4 is 0 Å². The van der Waals surface area contributed by atoms with Crippen LogP contribution in [-0.2, 0) is 28.6 Å². The highest BCUT2D eigenvalue weighted by Crippen LogP contribution is 2.17. The predicted octanol–water partition coefficient (Wildman–Crippen LogP) is 20.4. The van der Waals surface area contributed by atoms with Gasteiger partial charge in [-0.3, -0.25) is 14.4 Å². The standard InChI is InChI=1S/C64H114O6/c1-4-7-10-13-16-18-20-22-24-26-28-30-32-34-36-38-40-42-44-46-48-51-54-57-63(66)69-60-61(59-68-62(65)56-53-50-15-12-9-6-3)70-64(67)58-55-52-49-47-45-43-41-39-37-35-33-31-29-27-25-23-21-19-17-14-11-8-5-2/h7,10,16,18,22,24,28,30,34,36,61H,4-6,8-9,11-15,17,19-21,23,25-27,29,31-33,35,37-60H2,1-3H3/b10-7-,18-16-,24-22-,30-28-,36-34-. The fourth-order valence-corrected chi connectivity index (χ4v) is 8.77. The second kappa shape index (κ2) is 58.7. The van der Waals surface area contributed by atoms with Crippen molar-refractivity contribution in [2.75, 3.05) is 13.2 Å². The first-order chi connectivity index (χ1) is 34.5. The molecule has 6 heteroatoms. The Bertz CT molecular complexity index is 1260. The highest BCUT2D eigenvalue weighted by Gasteiger charge is 2.19. The van der Waals surface area contributed by atoms with Gasteiger partial charge >= 0.3 is 17.9 Å². The molecule has 0 amide bonds. The molecule has 0 heterocycles. The van der Waals surface area contributed by atoms with E-state index in [1.165, 1.54) is 173 Å². The maximum Gasteiger partial charge on any atom is 0.306 e. The number of esters is 3. The average molecular weight is 980 g/mol. The van der Waals surface area contributed by atoms with Gasteiger partial charge in [-0.05, 0) is 64.2 Å². The van der Waals surface area contributed by atoms with Crippen molar-refractivity contribution in [3.8, 4) is 0 Å².